The largest absolute Gasteiger partial charge is 0.261 e. The van der Waals surface area contributed by atoms with Crippen LogP contribution in [0.2, 0.25) is 0 Å². The average molecular weight is 163 g/mol. The number of nitrogens with zero attached hydrogens (tertiary/aromatic N) is 1. The molecule has 0 aliphatic carbocycles. The Hall–Kier alpha value is -0.850. The summed E-state index contributed by atoms with van der Waals surface area (Å²) in [5, 5.41) is 0. The zero-order chi connectivity index (χ0) is 8.97. The van der Waals surface area contributed by atoms with Gasteiger partial charge in [-0.1, -0.05) is 33.3 Å². The van der Waals surface area contributed by atoms with E-state index in [9.17, 15) is 0 Å². The lowest BCUT2D eigenvalue weighted by molar-refractivity contribution is 0.814. The lowest BCUT2D eigenvalue weighted by Gasteiger charge is -2.04. The molecule has 0 aromatic carbocycles. The molecule has 0 spiro atoms. The average Bonchev–Trinajstić information content (AvgIpc) is 2.06. The monoisotopic (exact) mass is 163 g/mol. The summed E-state index contributed by atoms with van der Waals surface area (Å²) < 4.78 is 0. The number of hydrogen-bond donors (Lipinski definition) is 0. The molecule has 0 bridgehead atoms. The zero-order valence-corrected chi connectivity index (χ0v) is 8.17. The molecule has 0 radical (unpaired) electrons. The molecule has 1 rings (SSSR count). The van der Waals surface area contributed by atoms with Crippen molar-refractivity contribution in [2.75, 3.05) is 0 Å². The van der Waals surface area contributed by atoms with E-state index in [2.05, 4.69) is 37.9 Å². The van der Waals surface area contributed by atoms with Gasteiger partial charge in [0.05, 0.1) is 0 Å². The molecule has 0 N–H and O–H groups in total. The van der Waals surface area contributed by atoms with E-state index in [0.717, 1.165) is 6.42 Å². The van der Waals surface area contributed by atoms with Crippen LogP contribution in [0.5, 0.6) is 0 Å². The fourth-order valence-electron chi connectivity index (χ4n) is 1.21. The van der Waals surface area contributed by atoms with Gasteiger partial charge in [0.2, 0.25) is 0 Å². The van der Waals surface area contributed by atoms with E-state index in [0.29, 0.717) is 5.92 Å². The van der Waals surface area contributed by atoms with Crippen molar-refractivity contribution in [3.8, 4) is 0 Å². The van der Waals surface area contributed by atoms with E-state index in [-0.39, 0.29) is 0 Å². The molecule has 1 aromatic heterocycles. The molecule has 1 heteroatoms. The summed E-state index contributed by atoms with van der Waals surface area (Å²) in [5.41, 5.74) is 2.54. The van der Waals surface area contributed by atoms with Gasteiger partial charge in [-0.25, -0.2) is 0 Å². The number of hydrogen-bond acceptors (Lipinski definition) is 1. The van der Waals surface area contributed by atoms with Gasteiger partial charge in [0.25, 0.3) is 0 Å². The Morgan fingerprint density at radius 3 is 2.50 bits per heavy atom. The SMILES string of the molecule is CCCc1ccc(C(C)C)nc1. The van der Waals surface area contributed by atoms with Crippen LogP contribution in [-0.4, -0.2) is 4.98 Å². The summed E-state index contributed by atoms with van der Waals surface area (Å²) in [6, 6.07) is 4.32. The van der Waals surface area contributed by atoms with E-state index in [1.807, 2.05) is 6.20 Å². The molecular formula is C11H17N. The Morgan fingerprint density at radius 2 is 2.08 bits per heavy atom. The molecule has 0 saturated carbocycles. The van der Waals surface area contributed by atoms with Crippen LogP contribution in [0.15, 0.2) is 18.3 Å². The lowest BCUT2D eigenvalue weighted by atomic mass is 10.1. The number of pyridine rings is 1. The molecule has 12 heavy (non-hydrogen) atoms. The molecular weight excluding hydrogens is 146 g/mol. The number of rotatable bonds is 3. The van der Waals surface area contributed by atoms with E-state index in [4.69, 9.17) is 0 Å². The Kier molecular flexibility index (Phi) is 3.27. The van der Waals surface area contributed by atoms with Crippen molar-refractivity contribution in [3.05, 3.63) is 29.6 Å². The molecule has 0 unspecified atom stereocenters. The molecule has 0 amide bonds. The maximum Gasteiger partial charge on any atom is 0.0429 e. The van der Waals surface area contributed by atoms with Crippen molar-refractivity contribution in [2.45, 2.75) is 39.5 Å². The van der Waals surface area contributed by atoms with Crippen molar-refractivity contribution in [1.82, 2.24) is 4.98 Å². The van der Waals surface area contributed by atoms with Crippen LogP contribution >= 0.6 is 0 Å². The summed E-state index contributed by atoms with van der Waals surface area (Å²) in [6.07, 6.45) is 4.34. The van der Waals surface area contributed by atoms with Gasteiger partial charge < -0.3 is 0 Å². The highest BCUT2D eigenvalue weighted by Crippen LogP contribution is 2.11. The number of aromatic nitrogens is 1. The first-order valence-electron chi connectivity index (χ1n) is 4.69. The Morgan fingerprint density at radius 1 is 1.33 bits per heavy atom. The topological polar surface area (TPSA) is 12.9 Å². The van der Waals surface area contributed by atoms with Gasteiger partial charge in [-0.05, 0) is 24.0 Å². The maximum absolute atomic E-state index is 4.40. The van der Waals surface area contributed by atoms with E-state index >= 15 is 0 Å². The first-order chi connectivity index (χ1) is 5.74. The second-order valence-electron chi connectivity index (χ2n) is 3.50. The second-order valence-corrected chi connectivity index (χ2v) is 3.50. The molecule has 0 atom stereocenters. The van der Waals surface area contributed by atoms with Crippen LogP contribution in [0.4, 0.5) is 0 Å². The highest BCUT2D eigenvalue weighted by molar-refractivity contribution is 5.15. The van der Waals surface area contributed by atoms with Gasteiger partial charge in [-0.3, -0.25) is 4.98 Å². The van der Waals surface area contributed by atoms with Gasteiger partial charge in [0, 0.05) is 11.9 Å². The van der Waals surface area contributed by atoms with Crippen LogP contribution in [0.25, 0.3) is 0 Å². The minimum Gasteiger partial charge on any atom is -0.261 e. The fraction of sp³-hybridized carbons (Fsp3) is 0.545. The third kappa shape index (κ3) is 2.33. The summed E-state index contributed by atoms with van der Waals surface area (Å²) in [7, 11) is 0. The van der Waals surface area contributed by atoms with Crippen LogP contribution in [0, 0.1) is 0 Å². The second kappa shape index (κ2) is 4.24. The molecule has 66 valence electrons. The zero-order valence-electron chi connectivity index (χ0n) is 8.17. The van der Waals surface area contributed by atoms with Crippen molar-refractivity contribution >= 4 is 0 Å². The van der Waals surface area contributed by atoms with Crippen LogP contribution < -0.4 is 0 Å². The summed E-state index contributed by atoms with van der Waals surface area (Å²) in [5.74, 6) is 0.542. The molecule has 0 fully saturated rings. The third-order valence-corrected chi connectivity index (χ3v) is 1.98. The summed E-state index contributed by atoms with van der Waals surface area (Å²) in [6.45, 7) is 6.53. The van der Waals surface area contributed by atoms with Crippen molar-refractivity contribution < 1.29 is 0 Å². The smallest absolute Gasteiger partial charge is 0.0429 e. The van der Waals surface area contributed by atoms with Gasteiger partial charge >= 0.3 is 0 Å². The Balaban J connectivity index is 2.71. The third-order valence-electron chi connectivity index (χ3n) is 1.98. The normalized spacial score (nSPS) is 10.7. The fourth-order valence-corrected chi connectivity index (χ4v) is 1.21. The minimum atomic E-state index is 0.542. The molecule has 0 aliphatic rings. The van der Waals surface area contributed by atoms with Crippen LogP contribution in [0.1, 0.15) is 44.4 Å². The highest BCUT2D eigenvalue weighted by atomic mass is 14.7. The minimum absolute atomic E-state index is 0.542. The Bertz CT molecular complexity index is 223. The van der Waals surface area contributed by atoms with Crippen molar-refractivity contribution in [1.29, 1.82) is 0 Å². The predicted molar refractivity (Wildman–Crippen MR) is 52.3 cm³/mol. The molecule has 1 nitrogen and oxygen atoms in total. The van der Waals surface area contributed by atoms with E-state index < -0.39 is 0 Å². The summed E-state index contributed by atoms with van der Waals surface area (Å²) >= 11 is 0. The quantitative estimate of drug-likeness (QED) is 0.667. The van der Waals surface area contributed by atoms with Gasteiger partial charge in [0.15, 0.2) is 0 Å². The Labute approximate surface area is 74.8 Å². The lowest BCUT2D eigenvalue weighted by Crippen LogP contribution is -1.93. The molecule has 1 heterocycles. The van der Waals surface area contributed by atoms with E-state index in [1.165, 1.54) is 17.7 Å². The first-order valence-corrected chi connectivity index (χ1v) is 4.69. The first kappa shape index (κ1) is 9.24. The number of aryl methyl sites for hydroxylation is 1. The maximum atomic E-state index is 4.40. The van der Waals surface area contributed by atoms with Gasteiger partial charge in [0.1, 0.15) is 0 Å². The van der Waals surface area contributed by atoms with Crippen molar-refractivity contribution in [3.63, 3.8) is 0 Å². The van der Waals surface area contributed by atoms with Gasteiger partial charge in [-0.2, -0.15) is 0 Å². The molecule has 0 saturated heterocycles. The van der Waals surface area contributed by atoms with Gasteiger partial charge in [-0.15, -0.1) is 0 Å². The molecule has 1 aromatic rings. The van der Waals surface area contributed by atoms with E-state index in [1.54, 1.807) is 0 Å². The van der Waals surface area contributed by atoms with Crippen molar-refractivity contribution in [2.24, 2.45) is 0 Å². The predicted octanol–water partition coefficient (Wildman–Crippen LogP) is 3.16. The highest BCUT2D eigenvalue weighted by Gasteiger charge is 1.99. The summed E-state index contributed by atoms with van der Waals surface area (Å²) in [4.78, 5) is 4.40. The molecule has 0 aliphatic heterocycles. The van der Waals surface area contributed by atoms with Crippen LogP contribution in [0.3, 0.4) is 0 Å². The standard InChI is InChI=1S/C11H17N/c1-4-5-10-6-7-11(9(2)3)12-8-10/h6-9H,4-5H2,1-3H3. The van der Waals surface area contributed by atoms with Crippen LogP contribution in [-0.2, 0) is 6.42 Å².